The summed E-state index contributed by atoms with van der Waals surface area (Å²) < 4.78 is 25.3. The van der Waals surface area contributed by atoms with E-state index in [2.05, 4.69) is 15.3 Å². The lowest BCUT2D eigenvalue weighted by Crippen LogP contribution is -2.26. The summed E-state index contributed by atoms with van der Waals surface area (Å²) in [6.45, 7) is 0.441. The summed E-state index contributed by atoms with van der Waals surface area (Å²) in [5.41, 5.74) is 2.33. The van der Waals surface area contributed by atoms with Gasteiger partial charge in [-0.3, -0.25) is 9.78 Å². The quantitative estimate of drug-likeness (QED) is 0.639. The number of thiazole rings is 1. The zero-order valence-corrected chi connectivity index (χ0v) is 17.1. The van der Waals surface area contributed by atoms with Crippen molar-refractivity contribution in [3.8, 4) is 10.6 Å². The minimum atomic E-state index is -3.50. The zero-order valence-electron chi connectivity index (χ0n) is 15.5. The van der Waals surface area contributed by atoms with Crippen LogP contribution in [0.4, 0.5) is 0 Å². The fourth-order valence-electron chi connectivity index (χ4n) is 2.44. The summed E-state index contributed by atoms with van der Waals surface area (Å²) in [5.74, 6) is -0.251. The molecule has 3 rings (SSSR count). The van der Waals surface area contributed by atoms with Gasteiger partial charge in [0.1, 0.15) is 5.01 Å². The largest absolute Gasteiger partial charge is 0.352 e. The molecule has 7 nitrogen and oxygen atoms in total. The Morgan fingerprint density at radius 1 is 1.11 bits per heavy atom. The highest BCUT2D eigenvalue weighted by atomic mass is 32.2. The summed E-state index contributed by atoms with van der Waals surface area (Å²) in [5, 5.41) is 5.73. The molecule has 0 radical (unpaired) electrons. The minimum Gasteiger partial charge on any atom is -0.352 e. The molecule has 0 bridgehead atoms. The van der Waals surface area contributed by atoms with Crippen LogP contribution in [-0.2, 0) is 16.4 Å². The van der Waals surface area contributed by atoms with E-state index in [0.717, 1.165) is 20.6 Å². The smallest absolute Gasteiger partial charge is 0.251 e. The number of pyridine rings is 1. The van der Waals surface area contributed by atoms with Crippen LogP contribution in [0.25, 0.3) is 10.6 Å². The number of nitrogens with zero attached hydrogens (tertiary/aromatic N) is 3. The Kier molecular flexibility index (Phi) is 6.18. The van der Waals surface area contributed by atoms with Crippen LogP contribution < -0.4 is 5.32 Å². The van der Waals surface area contributed by atoms with Crippen molar-refractivity contribution in [3.05, 3.63) is 65.4 Å². The first-order chi connectivity index (χ1) is 13.4. The molecule has 2 aromatic heterocycles. The van der Waals surface area contributed by atoms with Crippen molar-refractivity contribution in [3.63, 3.8) is 0 Å². The van der Waals surface area contributed by atoms with Crippen molar-refractivity contribution in [1.82, 2.24) is 19.6 Å². The summed E-state index contributed by atoms with van der Waals surface area (Å²) in [6.07, 6.45) is 4.07. The molecule has 1 amide bonds. The van der Waals surface area contributed by atoms with Gasteiger partial charge in [0.05, 0.1) is 10.6 Å². The molecular weight excluding hydrogens is 396 g/mol. The molecule has 0 saturated heterocycles. The third kappa shape index (κ3) is 4.61. The van der Waals surface area contributed by atoms with E-state index in [-0.39, 0.29) is 10.8 Å². The highest BCUT2D eigenvalue weighted by Crippen LogP contribution is 2.22. The number of benzene rings is 1. The van der Waals surface area contributed by atoms with Crippen LogP contribution in [0.15, 0.2) is 59.1 Å². The van der Waals surface area contributed by atoms with E-state index >= 15 is 0 Å². The number of rotatable bonds is 7. The molecule has 1 N–H and O–H groups in total. The molecule has 1 aromatic carbocycles. The summed E-state index contributed by atoms with van der Waals surface area (Å²) in [7, 11) is -0.569. The highest BCUT2D eigenvalue weighted by molar-refractivity contribution is 7.89. The van der Waals surface area contributed by atoms with E-state index in [1.165, 1.54) is 38.4 Å². The molecule has 9 heteroatoms. The van der Waals surface area contributed by atoms with E-state index in [1.54, 1.807) is 23.7 Å². The number of hydrogen-bond acceptors (Lipinski definition) is 6. The van der Waals surface area contributed by atoms with E-state index < -0.39 is 10.0 Å². The van der Waals surface area contributed by atoms with Crippen LogP contribution in [0, 0.1) is 0 Å². The van der Waals surface area contributed by atoms with Crippen LogP contribution in [0.2, 0.25) is 0 Å². The Morgan fingerprint density at radius 3 is 2.43 bits per heavy atom. The topological polar surface area (TPSA) is 92.3 Å². The standard InChI is InChI=1S/C19H20N4O3S2/c1-23(2)28(25,26)17-5-3-14(4-6-17)18(24)21-12-9-16-13-27-19(22-16)15-7-10-20-11-8-15/h3-8,10-11,13H,9,12H2,1-2H3,(H,21,24). The number of carbonyl (C=O) groups excluding carboxylic acids is 1. The van der Waals surface area contributed by atoms with Gasteiger partial charge in [0.15, 0.2) is 0 Å². The number of amides is 1. The second-order valence-electron chi connectivity index (χ2n) is 6.20. The number of nitrogens with one attached hydrogen (secondary N) is 1. The minimum absolute atomic E-state index is 0.153. The highest BCUT2D eigenvalue weighted by Gasteiger charge is 2.17. The number of carbonyl (C=O) groups is 1. The first-order valence-corrected chi connectivity index (χ1v) is 10.9. The average molecular weight is 417 g/mol. The molecule has 0 aliphatic heterocycles. The van der Waals surface area contributed by atoms with Gasteiger partial charge in [0.2, 0.25) is 10.0 Å². The van der Waals surface area contributed by atoms with Gasteiger partial charge in [-0.15, -0.1) is 11.3 Å². The van der Waals surface area contributed by atoms with E-state index in [9.17, 15) is 13.2 Å². The molecule has 0 aliphatic rings. The molecule has 0 saturated carbocycles. The van der Waals surface area contributed by atoms with Gasteiger partial charge < -0.3 is 5.32 Å². The molecule has 0 aliphatic carbocycles. The second kappa shape index (κ2) is 8.59. The predicted molar refractivity (Wildman–Crippen MR) is 109 cm³/mol. The summed E-state index contributed by atoms with van der Waals surface area (Å²) >= 11 is 1.55. The Balaban J connectivity index is 1.56. The number of sulfonamides is 1. The van der Waals surface area contributed by atoms with Gasteiger partial charge >= 0.3 is 0 Å². The van der Waals surface area contributed by atoms with Crippen LogP contribution in [0.5, 0.6) is 0 Å². The zero-order chi connectivity index (χ0) is 20.1. The normalized spacial score (nSPS) is 11.5. The van der Waals surface area contributed by atoms with Crippen molar-refractivity contribution >= 4 is 27.3 Å². The first kappa shape index (κ1) is 20.1. The van der Waals surface area contributed by atoms with E-state index in [4.69, 9.17) is 0 Å². The number of hydrogen-bond donors (Lipinski definition) is 1. The van der Waals surface area contributed by atoms with Crippen LogP contribution in [0.1, 0.15) is 16.1 Å². The maximum atomic E-state index is 12.3. The Labute approximate surface area is 168 Å². The van der Waals surface area contributed by atoms with Crippen LogP contribution in [0.3, 0.4) is 0 Å². The lowest BCUT2D eigenvalue weighted by molar-refractivity contribution is 0.0954. The van der Waals surface area contributed by atoms with E-state index in [0.29, 0.717) is 18.5 Å². The van der Waals surface area contributed by atoms with Crippen molar-refractivity contribution in [2.45, 2.75) is 11.3 Å². The molecule has 0 unspecified atom stereocenters. The Bertz CT molecular complexity index is 1050. The van der Waals surface area contributed by atoms with Crippen molar-refractivity contribution < 1.29 is 13.2 Å². The summed E-state index contributed by atoms with van der Waals surface area (Å²) in [4.78, 5) is 21.0. The predicted octanol–water partition coefficient (Wildman–Crippen LogP) is 2.43. The maximum Gasteiger partial charge on any atom is 0.251 e. The summed E-state index contributed by atoms with van der Waals surface area (Å²) in [6, 6.07) is 9.71. The van der Waals surface area contributed by atoms with Crippen LogP contribution in [-0.4, -0.2) is 49.2 Å². The van der Waals surface area contributed by atoms with Gasteiger partial charge in [0, 0.05) is 56.0 Å². The molecule has 3 aromatic rings. The fourth-order valence-corrected chi connectivity index (χ4v) is 4.21. The maximum absolute atomic E-state index is 12.3. The third-order valence-electron chi connectivity index (χ3n) is 4.04. The molecule has 2 heterocycles. The molecular formula is C19H20N4O3S2. The van der Waals surface area contributed by atoms with Crippen molar-refractivity contribution in [2.24, 2.45) is 0 Å². The van der Waals surface area contributed by atoms with Gasteiger partial charge in [-0.2, -0.15) is 0 Å². The van der Waals surface area contributed by atoms with Crippen molar-refractivity contribution in [2.75, 3.05) is 20.6 Å². The Morgan fingerprint density at radius 2 is 1.79 bits per heavy atom. The SMILES string of the molecule is CN(C)S(=O)(=O)c1ccc(C(=O)NCCc2csc(-c3ccncc3)n2)cc1. The molecule has 0 atom stereocenters. The van der Waals surface area contributed by atoms with Gasteiger partial charge in [-0.05, 0) is 36.4 Å². The average Bonchev–Trinajstić information content (AvgIpc) is 3.17. The lowest BCUT2D eigenvalue weighted by atomic mass is 10.2. The monoisotopic (exact) mass is 416 g/mol. The molecule has 0 fully saturated rings. The van der Waals surface area contributed by atoms with E-state index in [1.807, 2.05) is 17.5 Å². The number of aromatic nitrogens is 2. The van der Waals surface area contributed by atoms with Gasteiger partial charge in [-0.1, -0.05) is 0 Å². The molecule has 0 spiro atoms. The lowest BCUT2D eigenvalue weighted by Gasteiger charge is -2.11. The van der Waals surface area contributed by atoms with Gasteiger partial charge in [0.25, 0.3) is 5.91 Å². The van der Waals surface area contributed by atoms with Crippen LogP contribution >= 0.6 is 11.3 Å². The van der Waals surface area contributed by atoms with Crippen molar-refractivity contribution in [1.29, 1.82) is 0 Å². The Hall–Kier alpha value is -2.62. The third-order valence-corrected chi connectivity index (χ3v) is 6.81. The van der Waals surface area contributed by atoms with Gasteiger partial charge in [-0.25, -0.2) is 17.7 Å². The second-order valence-corrected chi connectivity index (χ2v) is 9.21. The molecule has 146 valence electrons. The molecule has 28 heavy (non-hydrogen) atoms. The fraction of sp³-hybridized carbons (Fsp3) is 0.211. The first-order valence-electron chi connectivity index (χ1n) is 8.53.